The highest BCUT2D eigenvalue weighted by atomic mass is 16.3. The third kappa shape index (κ3) is 3.68. The minimum Gasteiger partial charge on any atom is -0.456 e. The molecule has 202 valence electrons. The van der Waals surface area contributed by atoms with Crippen LogP contribution in [-0.4, -0.2) is 0 Å². The lowest BCUT2D eigenvalue weighted by Gasteiger charge is -2.26. The Bertz CT molecular complexity index is 3430. The van der Waals surface area contributed by atoms with Crippen molar-refractivity contribution < 1.29 is 33.5 Å². The van der Waals surface area contributed by atoms with Crippen LogP contribution in [0.25, 0.3) is 65.8 Å². The first-order chi connectivity index (χ1) is 28.8. The van der Waals surface area contributed by atoms with Gasteiger partial charge in [-0.25, -0.2) is 0 Å². The Labute approximate surface area is 273 Å². The van der Waals surface area contributed by atoms with Gasteiger partial charge in [0.1, 0.15) is 22.3 Å². The van der Waals surface area contributed by atoms with Gasteiger partial charge in [-0.3, -0.25) is 0 Å². The summed E-state index contributed by atoms with van der Waals surface area (Å²) in [5.74, 6) is 0. The van der Waals surface area contributed by atoms with Gasteiger partial charge in [0.2, 0.25) is 0 Å². The molecule has 9 aromatic rings. The summed E-state index contributed by atoms with van der Waals surface area (Å²) in [5, 5.41) is -0.623. The molecular formula is C40H25NO2. The Morgan fingerprint density at radius 1 is 0.488 bits per heavy atom. The van der Waals surface area contributed by atoms with Crippen molar-refractivity contribution in [2.45, 2.75) is 0 Å². The monoisotopic (exact) mass is 569 g/mol. The van der Waals surface area contributed by atoms with Crippen LogP contribution in [-0.2, 0) is 0 Å². The SMILES string of the molecule is [2H]c1c([2H])c([2H])c(N(c2c([2H])c([2H])c(-c3cccc4oc5ccccc5c34)c([2H])c2[2H])c2c([2H])c([2H])c([2H])c3oc4c5c([2H])c([2H])c([2H])c([2H])c5c([2H])c([2H])c4c23)c([2H])c1[2H]. The van der Waals surface area contributed by atoms with Crippen LogP contribution in [0.4, 0.5) is 17.1 Å². The van der Waals surface area contributed by atoms with Crippen LogP contribution in [0.3, 0.4) is 0 Å². The number of furan rings is 2. The largest absolute Gasteiger partial charge is 0.456 e. The maximum Gasteiger partial charge on any atom is 0.143 e. The number of hydrogen-bond donors (Lipinski definition) is 0. The first-order valence-corrected chi connectivity index (χ1v) is 13.1. The molecule has 2 heterocycles. The summed E-state index contributed by atoms with van der Waals surface area (Å²) in [6.45, 7) is 0. The molecule has 7 aromatic carbocycles. The van der Waals surface area contributed by atoms with Gasteiger partial charge in [-0.15, -0.1) is 0 Å². The molecule has 0 bridgehead atoms. The van der Waals surface area contributed by atoms with Gasteiger partial charge < -0.3 is 13.7 Å². The van der Waals surface area contributed by atoms with Crippen molar-refractivity contribution in [3.63, 3.8) is 0 Å². The smallest absolute Gasteiger partial charge is 0.143 e. The van der Waals surface area contributed by atoms with E-state index in [2.05, 4.69) is 0 Å². The number of benzene rings is 7. The van der Waals surface area contributed by atoms with Crippen molar-refractivity contribution in [1.29, 1.82) is 0 Å². The van der Waals surface area contributed by atoms with Gasteiger partial charge in [-0.2, -0.15) is 0 Å². The van der Waals surface area contributed by atoms with Crippen molar-refractivity contribution in [1.82, 2.24) is 0 Å². The van der Waals surface area contributed by atoms with Crippen molar-refractivity contribution in [3.8, 4) is 11.1 Å². The molecule has 0 saturated heterocycles. The van der Waals surface area contributed by atoms with Gasteiger partial charge in [0.05, 0.1) is 35.7 Å². The Kier molecular flexibility index (Phi) is 2.66. The fraction of sp³-hybridized carbons (Fsp3) is 0. The number of nitrogens with zero attached hydrogens (tertiary/aromatic N) is 1. The highest BCUT2D eigenvalue weighted by molar-refractivity contribution is 6.19. The molecule has 0 N–H and O–H groups in total. The fourth-order valence-electron chi connectivity index (χ4n) is 5.35. The van der Waals surface area contributed by atoms with Gasteiger partial charge in [-0.1, -0.05) is 96.8 Å². The van der Waals surface area contributed by atoms with E-state index in [9.17, 15) is 8.22 Å². The first-order valence-electron chi connectivity index (χ1n) is 22.1. The van der Waals surface area contributed by atoms with Crippen LogP contribution in [0.15, 0.2) is 160 Å². The zero-order valence-corrected chi connectivity index (χ0v) is 21.8. The Morgan fingerprint density at radius 3 is 2.19 bits per heavy atom. The molecule has 3 nitrogen and oxygen atoms in total. The standard InChI is InChI=1S/C40H25NO2/c1-2-11-28(12-3-1)41(34-16-9-19-37-39(34)33-25-22-26-10-4-5-13-31(26)40(33)43-37)29-23-20-27(21-24-29)30-15-8-18-36-38(30)32-14-6-7-17-35(32)42-36/h1-25H/i1D,2D,3D,4D,5D,9D,10D,11D,12D,13D,16D,19D,20D,21D,22D,23D,24D,25D. The third-order valence-electron chi connectivity index (χ3n) is 7.17. The van der Waals surface area contributed by atoms with Crippen LogP contribution in [0.5, 0.6) is 0 Å². The summed E-state index contributed by atoms with van der Waals surface area (Å²) < 4.78 is 173. The van der Waals surface area contributed by atoms with E-state index in [1.807, 2.05) is 0 Å². The molecule has 0 saturated carbocycles. The summed E-state index contributed by atoms with van der Waals surface area (Å²) in [7, 11) is 0. The first kappa shape index (κ1) is 12.2. The van der Waals surface area contributed by atoms with Gasteiger partial charge >= 0.3 is 0 Å². The second kappa shape index (κ2) is 9.37. The zero-order valence-electron chi connectivity index (χ0n) is 39.8. The van der Waals surface area contributed by atoms with E-state index in [1.54, 1.807) is 42.5 Å². The third-order valence-corrected chi connectivity index (χ3v) is 7.17. The zero-order chi connectivity index (χ0) is 44.0. The molecule has 0 atom stereocenters. The molecule has 0 aliphatic carbocycles. The molecule has 3 heteroatoms. The van der Waals surface area contributed by atoms with Gasteiger partial charge in [0, 0.05) is 32.9 Å². The van der Waals surface area contributed by atoms with Crippen LogP contribution in [0, 0.1) is 0 Å². The van der Waals surface area contributed by atoms with Crippen molar-refractivity contribution >= 4 is 71.7 Å². The number of rotatable bonds is 4. The summed E-state index contributed by atoms with van der Waals surface area (Å²) in [4.78, 5) is 0.684. The topological polar surface area (TPSA) is 29.5 Å². The normalized spacial score (nSPS) is 17.6. The number of hydrogen-bond acceptors (Lipinski definition) is 3. The Hall–Kier alpha value is -5.80. The van der Waals surface area contributed by atoms with Gasteiger partial charge in [0.25, 0.3) is 0 Å². The summed E-state index contributed by atoms with van der Waals surface area (Å²) in [6, 6.07) is -2.44. The number of para-hydroxylation sites is 2. The predicted octanol–water partition coefficient (Wildman–Crippen LogP) is 11.8. The van der Waals surface area contributed by atoms with Crippen LogP contribution < -0.4 is 4.90 Å². The number of anilines is 3. The maximum atomic E-state index is 9.53. The highest BCUT2D eigenvalue weighted by Gasteiger charge is 2.20. The molecule has 0 aliphatic heterocycles. The fourth-order valence-corrected chi connectivity index (χ4v) is 5.35. The molecule has 0 unspecified atom stereocenters. The second-order valence-corrected chi connectivity index (χ2v) is 9.54. The van der Waals surface area contributed by atoms with Gasteiger partial charge in [0.15, 0.2) is 0 Å². The van der Waals surface area contributed by atoms with Crippen molar-refractivity contribution in [2.24, 2.45) is 0 Å². The van der Waals surface area contributed by atoms with Crippen molar-refractivity contribution in [3.05, 3.63) is 151 Å². The van der Waals surface area contributed by atoms with Gasteiger partial charge in [-0.05, 0) is 70.9 Å². The highest BCUT2D eigenvalue weighted by Crippen LogP contribution is 2.45. The lowest BCUT2D eigenvalue weighted by molar-refractivity contribution is 0.669. The van der Waals surface area contributed by atoms with Crippen LogP contribution in [0.2, 0.25) is 0 Å². The molecule has 0 amide bonds. The van der Waals surface area contributed by atoms with Crippen molar-refractivity contribution in [2.75, 3.05) is 4.90 Å². The van der Waals surface area contributed by atoms with E-state index in [1.165, 1.54) is 0 Å². The Balaban J connectivity index is 1.50. The molecular weight excluding hydrogens is 526 g/mol. The Morgan fingerprint density at radius 2 is 1.28 bits per heavy atom. The second-order valence-electron chi connectivity index (χ2n) is 9.54. The van der Waals surface area contributed by atoms with E-state index in [0.29, 0.717) is 26.8 Å². The molecule has 43 heavy (non-hydrogen) atoms. The quantitative estimate of drug-likeness (QED) is 0.211. The molecule has 2 aromatic heterocycles. The summed E-state index contributed by atoms with van der Waals surface area (Å²) in [6.07, 6.45) is 0. The van der Waals surface area contributed by atoms with E-state index in [-0.39, 0.29) is 16.5 Å². The maximum absolute atomic E-state index is 9.53. The van der Waals surface area contributed by atoms with Crippen LogP contribution >= 0.6 is 0 Å². The minimum absolute atomic E-state index is 0.197. The molecule has 9 rings (SSSR count). The average molecular weight is 570 g/mol. The van der Waals surface area contributed by atoms with E-state index < -0.39 is 153 Å². The minimum atomic E-state index is -0.935. The van der Waals surface area contributed by atoms with E-state index in [0.717, 1.165) is 0 Å². The molecule has 0 fully saturated rings. The lowest BCUT2D eigenvalue weighted by atomic mass is 9.99. The molecule has 0 aliphatic rings. The average Bonchev–Trinajstić information content (AvgIpc) is 3.83. The lowest BCUT2D eigenvalue weighted by Crippen LogP contribution is -2.10. The summed E-state index contributed by atoms with van der Waals surface area (Å²) in [5.41, 5.74) is -2.39. The van der Waals surface area contributed by atoms with E-state index >= 15 is 0 Å². The molecule has 0 spiro atoms. The summed E-state index contributed by atoms with van der Waals surface area (Å²) >= 11 is 0. The molecule has 0 radical (unpaired) electrons. The predicted molar refractivity (Wildman–Crippen MR) is 179 cm³/mol. The van der Waals surface area contributed by atoms with E-state index in [4.69, 9.17) is 25.3 Å². The number of fused-ring (bicyclic) bond motifs is 8. The van der Waals surface area contributed by atoms with Crippen LogP contribution in [0.1, 0.15) is 24.7 Å².